The number of aromatic nitrogens is 4. The van der Waals surface area contributed by atoms with Crippen LogP contribution >= 0.6 is 0 Å². The van der Waals surface area contributed by atoms with Gasteiger partial charge in [0.25, 0.3) is 5.56 Å². The molecule has 0 spiro atoms. The van der Waals surface area contributed by atoms with Crippen LogP contribution in [-0.4, -0.2) is 75.6 Å². The Bertz CT molecular complexity index is 1310. The number of ether oxygens (including phenoxy) is 1. The molecule has 192 valence electrons. The van der Waals surface area contributed by atoms with Crippen LogP contribution in [-0.2, 0) is 23.5 Å². The van der Waals surface area contributed by atoms with Gasteiger partial charge in [0.15, 0.2) is 5.52 Å². The fourth-order valence-electron chi connectivity index (χ4n) is 3.80. The van der Waals surface area contributed by atoms with Crippen molar-refractivity contribution >= 4 is 21.1 Å². The van der Waals surface area contributed by atoms with Crippen LogP contribution in [0.15, 0.2) is 27.9 Å². The molecule has 2 heterocycles. The van der Waals surface area contributed by atoms with Crippen LogP contribution in [0.25, 0.3) is 22.4 Å². The lowest BCUT2D eigenvalue weighted by atomic mass is 10.1. The monoisotopic (exact) mass is 507 g/mol. The van der Waals surface area contributed by atoms with Crippen molar-refractivity contribution in [3.63, 3.8) is 0 Å². The van der Waals surface area contributed by atoms with Gasteiger partial charge in [0, 0.05) is 33.4 Å². The maximum atomic E-state index is 13.5. The van der Waals surface area contributed by atoms with Crippen LogP contribution in [0.2, 0.25) is 0 Å². The van der Waals surface area contributed by atoms with Gasteiger partial charge in [-0.2, -0.15) is 9.40 Å². The van der Waals surface area contributed by atoms with Crippen LogP contribution in [0.5, 0.6) is 5.75 Å². The predicted molar refractivity (Wildman–Crippen MR) is 132 cm³/mol. The van der Waals surface area contributed by atoms with Gasteiger partial charge in [-0.3, -0.25) is 9.48 Å². The molecule has 0 radical (unpaired) electrons. The zero-order valence-corrected chi connectivity index (χ0v) is 21.1. The summed E-state index contributed by atoms with van der Waals surface area (Å²) in [6.07, 6.45) is 1.84. The summed E-state index contributed by atoms with van der Waals surface area (Å²) in [5.74, 6) is 0.582. The Balaban J connectivity index is 2.18. The number of aryl methyl sites for hydroxylation is 2. The van der Waals surface area contributed by atoms with E-state index in [-0.39, 0.29) is 55.4 Å². The average Bonchev–Trinajstić information content (AvgIpc) is 3.18. The highest BCUT2D eigenvalue weighted by atomic mass is 32.2. The van der Waals surface area contributed by atoms with Gasteiger partial charge < -0.3 is 19.9 Å². The number of fused-ring (bicyclic) bond motifs is 1. The van der Waals surface area contributed by atoms with Gasteiger partial charge in [-0.25, -0.2) is 13.4 Å². The highest BCUT2D eigenvalue weighted by molar-refractivity contribution is 7.89. The highest BCUT2D eigenvalue weighted by Crippen LogP contribution is 2.32. The minimum atomic E-state index is -3.96. The molecule has 3 rings (SSSR count). The summed E-state index contributed by atoms with van der Waals surface area (Å²) in [6, 6.07) is 4.45. The van der Waals surface area contributed by atoms with Crippen LogP contribution in [0, 0.1) is 0 Å². The summed E-state index contributed by atoms with van der Waals surface area (Å²) in [6.45, 7) is 4.18. The highest BCUT2D eigenvalue weighted by Gasteiger charge is 2.26. The molecule has 0 bridgehead atoms. The Morgan fingerprint density at radius 3 is 2.43 bits per heavy atom. The van der Waals surface area contributed by atoms with Gasteiger partial charge >= 0.3 is 0 Å². The zero-order valence-electron chi connectivity index (χ0n) is 20.3. The van der Waals surface area contributed by atoms with E-state index in [0.717, 1.165) is 6.42 Å². The van der Waals surface area contributed by atoms with Gasteiger partial charge in [-0.05, 0) is 43.9 Å². The summed E-state index contributed by atoms with van der Waals surface area (Å²) in [4.78, 5) is 20.3. The summed E-state index contributed by atoms with van der Waals surface area (Å²) in [7, 11) is -2.28. The number of aromatic amines is 1. The molecule has 0 saturated carbocycles. The quantitative estimate of drug-likeness (QED) is 0.314. The number of aliphatic hydroxyl groups is 2. The Hall–Kier alpha value is -2.80. The Labute approximate surface area is 204 Å². The molecule has 2 aromatic heterocycles. The Morgan fingerprint density at radius 2 is 1.83 bits per heavy atom. The fourth-order valence-corrected chi connectivity index (χ4v) is 5.34. The van der Waals surface area contributed by atoms with Gasteiger partial charge in [0.05, 0.1) is 22.8 Å². The lowest BCUT2D eigenvalue weighted by Gasteiger charge is -2.22. The Morgan fingerprint density at radius 1 is 1.14 bits per heavy atom. The van der Waals surface area contributed by atoms with E-state index < -0.39 is 10.0 Å². The number of rotatable bonds is 13. The number of hydrogen-bond acceptors (Lipinski definition) is 8. The van der Waals surface area contributed by atoms with Crippen LogP contribution < -0.4 is 10.3 Å². The van der Waals surface area contributed by atoms with E-state index in [2.05, 4.69) is 15.1 Å². The van der Waals surface area contributed by atoms with Crippen molar-refractivity contribution in [1.82, 2.24) is 24.1 Å². The van der Waals surface area contributed by atoms with Crippen LogP contribution in [0.1, 0.15) is 38.8 Å². The van der Waals surface area contributed by atoms with Gasteiger partial charge in [0.1, 0.15) is 17.1 Å². The third kappa shape index (κ3) is 5.72. The molecule has 0 fully saturated rings. The first-order valence-corrected chi connectivity index (χ1v) is 13.2. The number of aliphatic hydroxyl groups excluding tert-OH is 2. The molecule has 0 aliphatic carbocycles. The first-order chi connectivity index (χ1) is 16.8. The van der Waals surface area contributed by atoms with Crippen molar-refractivity contribution in [2.75, 3.05) is 32.9 Å². The standard InChI is InChI=1S/C23H33N5O6S/c1-4-14-34-19-9-8-16(35(32,33)28(10-6-12-29)11-7-13-30)15-17(19)22-24-20-18(5-2)26-27(3)21(20)23(31)25-22/h8-9,15,29-30H,4-7,10-14H2,1-3H3,(H,24,25,31). The van der Waals surface area contributed by atoms with E-state index in [9.17, 15) is 23.4 Å². The zero-order chi connectivity index (χ0) is 25.6. The lowest BCUT2D eigenvalue weighted by molar-refractivity contribution is 0.250. The third-order valence-electron chi connectivity index (χ3n) is 5.53. The number of nitrogens with zero attached hydrogens (tertiary/aromatic N) is 4. The molecule has 0 aliphatic rings. The first kappa shape index (κ1) is 26.8. The number of hydrogen-bond donors (Lipinski definition) is 3. The molecule has 11 nitrogen and oxygen atoms in total. The van der Waals surface area contributed by atoms with Gasteiger partial charge in [-0.1, -0.05) is 13.8 Å². The van der Waals surface area contributed by atoms with Crippen LogP contribution in [0.4, 0.5) is 0 Å². The van der Waals surface area contributed by atoms with Gasteiger partial charge in [-0.15, -0.1) is 0 Å². The van der Waals surface area contributed by atoms with E-state index in [1.54, 1.807) is 13.1 Å². The van der Waals surface area contributed by atoms with Crippen molar-refractivity contribution in [2.24, 2.45) is 7.05 Å². The van der Waals surface area contributed by atoms with E-state index in [4.69, 9.17) is 4.74 Å². The first-order valence-electron chi connectivity index (χ1n) is 11.7. The number of benzene rings is 1. The van der Waals surface area contributed by atoms with Crippen molar-refractivity contribution in [2.45, 2.75) is 44.4 Å². The summed E-state index contributed by atoms with van der Waals surface area (Å²) >= 11 is 0. The second-order valence-corrected chi connectivity index (χ2v) is 10.0. The largest absolute Gasteiger partial charge is 0.493 e. The summed E-state index contributed by atoms with van der Waals surface area (Å²) < 4.78 is 35.5. The van der Waals surface area contributed by atoms with E-state index in [1.165, 1.54) is 21.1 Å². The maximum Gasteiger partial charge on any atom is 0.277 e. The van der Waals surface area contributed by atoms with Crippen LogP contribution in [0.3, 0.4) is 0 Å². The third-order valence-corrected chi connectivity index (χ3v) is 7.43. The lowest BCUT2D eigenvalue weighted by Crippen LogP contribution is -2.34. The van der Waals surface area contributed by atoms with E-state index in [1.807, 2.05) is 13.8 Å². The molecule has 0 saturated heterocycles. The van der Waals surface area contributed by atoms with Crippen molar-refractivity contribution in [3.05, 3.63) is 34.2 Å². The smallest absolute Gasteiger partial charge is 0.277 e. The molecule has 0 atom stereocenters. The summed E-state index contributed by atoms with van der Waals surface area (Å²) in [5, 5.41) is 22.8. The molecular formula is C23H33N5O6S. The molecule has 12 heteroatoms. The molecule has 0 unspecified atom stereocenters. The minimum Gasteiger partial charge on any atom is -0.493 e. The molecule has 35 heavy (non-hydrogen) atoms. The molecule has 0 amide bonds. The SMILES string of the molecule is CCCOc1ccc(S(=O)(=O)N(CCCO)CCCO)cc1-c1nc2c(CC)nn(C)c2c(=O)[nH]1. The fraction of sp³-hybridized carbons (Fsp3) is 0.522. The number of nitrogens with one attached hydrogen (secondary N) is 1. The second-order valence-electron chi connectivity index (χ2n) is 8.10. The predicted octanol–water partition coefficient (Wildman–Crippen LogP) is 1.43. The molecule has 0 aliphatic heterocycles. The second kappa shape index (κ2) is 11.8. The average molecular weight is 508 g/mol. The summed E-state index contributed by atoms with van der Waals surface area (Å²) in [5.41, 5.74) is 1.41. The number of H-pyrrole nitrogens is 1. The molecule has 1 aromatic carbocycles. The molecular weight excluding hydrogens is 474 g/mol. The van der Waals surface area contributed by atoms with Crippen molar-refractivity contribution < 1.29 is 23.4 Å². The topological polar surface area (TPSA) is 151 Å². The van der Waals surface area contributed by atoms with E-state index in [0.29, 0.717) is 41.1 Å². The Kier molecular flexibility index (Phi) is 9.00. The normalized spacial score (nSPS) is 12.1. The van der Waals surface area contributed by atoms with Gasteiger partial charge in [0.2, 0.25) is 10.0 Å². The maximum absolute atomic E-state index is 13.5. The van der Waals surface area contributed by atoms with Crippen molar-refractivity contribution in [1.29, 1.82) is 0 Å². The molecule has 3 aromatic rings. The van der Waals surface area contributed by atoms with E-state index >= 15 is 0 Å². The van der Waals surface area contributed by atoms with Crippen molar-refractivity contribution in [3.8, 4) is 17.1 Å². The minimum absolute atomic E-state index is 0.00289. The number of sulfonamides is 1. The molecule has 3 N–H and O–H groups in total.